The molecular formula is C50H80N4O8. The van der Waals surface area contributed by atoms with E-state index in [1.807, 2.05) is 144 Å². The number of rotatable bonds is 23. The van der Waals surface area contributed by atoms with Gasteiger partial charge in [0, 0.05) is 43.1 Å². The highest BCUT2D eigenvalue weighted by molar-refractivity contribution is 5.90. The van der Waals surface area contributed by atoms with E-state index in [9.17, 15) is 39.0 Å². The van der Waals surface area contributed by atoms with Crippen LogP contribution in [0.15, 0.2) is 65.7 Å². The average molecular weight is 865 g/mol. The Morgan fingerprint density at radius 1 is 0.661 bits per heavy atom. The lowest BCUT2D eigenvalue weighted by Gasteiger charge is -2.27. The van der Waals surface area contributed by atoms with Crippen LogP contribution in [0, 0.1) is 23.7 Å². The number of urea groups is 1. The van der Waals surface area contributed by atoms with E-state index < -0.39 is 47.7 Å². The van der Waals surface area contributed by atoms with Crippen LogP contribution in [0.1, 0.15) is 146 Å². The first-order valence-corrected chi connectivity index (χ1v) is 22.3. The molecule has 0 aliphatic carbocycles. The molecule has 0 aliphatic heterocycles. The van der Waals surface area contributed by atoms with Crippen molar-refractivity contribution < 1.29 is 39.0 Å². The maximum atomic E-state index is 13.2. The van der Waals surface area contributed by atoms with E-state index in [-0.39, 0.29) is 53.9 Å². The lowest BCUT2D eigenvalue weighted by Crippen LogP contribution is -2.52. The molecule has 6 N–H and O–H groups in total. The van der Waals surface area contributed by atoms with Crippen molar-refractivity contribution in [2.75, 3.05) is 0 Å². The summed E-state index contributed by atoms with van der Waals surface area (Å²) in [4.78, 5) is 75.5. The number of aliphatic imine (C=N–C) groups is 1. The number of hydrogen-bond donors (Lipinski definition) is 5. The monoisotopic (exact) mass is 865 g/mol. The van der Waals surface area contributed by atoms with Crippen LogP contribution in [-0.2, 0) is 36.8 Å². The van der Waals surface area contributed by atoms with Gasteiger partial charge in [0.1, 0.15) is 18.0 Å². The molecule has 348 valence electrons. The fourth-order valence-corrected chi connectivity index (χ4v) is 6.60. The number of carbonyl (C=O) groups is 5. The van der Waals surface area contributed by atoms with Gasteiger partial charge in [-0.15, -0.1) is 0 Å². The van der Waals surface area contributed by atoms with Crippen molar-refractivity contribution >= 4 is 35.2 Å². The number of aliphatic hydroxyl groups is 2. The van der Waals surface area contributed by atoms with Crippen molar-refractivity contribution in [2.24, 2.45) is 34.4 Å². The summed E-state index contributed by atoms with van der Waals surface area (Å²) >= 11 is 0. The second-order valence-electron chi connectivity index (χ2n) is 19.2. The Hall–Kier alpha value is -4.35. The highest BCUT2D eigenvalue weighted by atomic mass is 16.3. The summed E-state index contributed by atoms with van der Waals surface area (Å²) < 4.78 is 0. The zero-order chi connectivity index (χ0) is 47.6. The minimum Gasteiger partial charge on any atom is -0.385 e. The van der Waals surface area contributed by atoms with E-state index in [0.29, 0.717) is 50.9 Å². The molecule has 2 rings (SSSR count). The first kappa shape index (κ1) is 57.6. The molecule has 62 heavy (non-hydrogen) atoms. The van der Waals surface area contributed by atoms with Crippen molar-refractivity contribution in [1.29, 1.82) is 0 Å². The molecule has 0 aliphatic rings. The highest BCUT2D eigenvalue weighted by Gasteiger charge is 2.32. The molecule has 0 radical (unpaired) electrons. The van der Waals surface area contributed by atoms with Crippen molar-refractivity contribution in [2.45, 2.75) is 183 Å². The van der Waals surface area contributed by atoms with Gasteiger partial charge in [-0.2, -0.15) is 0 Å². The Morgan fingerprint density at radius 3 is 1.39 bits per heavy atom. The number of isocyanates is 1. The fraction of sp³-hybridized carbons (Fsp3) is 0.640. The first-order valence-electron chi connectivity index (χ1n) is 22.3. The lowest BCUT2D eigenvalue weighted by molar-refractivity contribution is -0.132. The van der Waals surface area contributed by atoms with Crippen LogP contribution < -0.4 is 16.4 Å². The van der Waals surface area contributed by atoms with Crippen molar-refractivity contribution in [3.63, 3.8) is 0 Å². The predicted octanol–water partition coefficient (Wildman–Crippen LogP) is 8.08. The number of nitrogens with two attached hydrogens (primary N) is 1. The number of Topliss-reactive ketones (excluding diaryl/α,β-unsaturated/α-hetero) is 4. The maximum absolute atomic E-state index is 13.2. The topological polar surface area (TPSA) is 205 Å². The summed E-state index contributed by atoms with van der Waals surface area (Å²) in [7, 11) is 0. The Bertz CT molecular complexity index is 1660. The van der Waals surface area contributed by atoms with Crippen LogP contribution in [0.5, 0.6) is 0 Å². The Labute approximate surface area is 372 Å². The maximum Gasteiger partial charge on any atom is 0.315 e. The number of hydrogen-bond acceptors (Lipinski definition) is 10. The summed E-state index contributed by atoms with van der Waals surface area (Å²) in [6.45, 7) is 23.0. The average Bonchev–Trinajstić information content (AvgIpc) is 3.16. The van der Waals surface area contributed by atoms with E-state index in [1.54, 1.807) is 0 Å². The molecule has 2 aromatic carbocycles. The third kappa shape index (κ3) is 26.9. The van der Waals surface area contributed by atoms with Crippen molar-refractivity contribution in [3.8, 4) is 0 Å². The molecule has 0 bridgehead atoms. The van der Waals surface area contributed by atoms with E-state index >= 15 is 0 Å². The Kier molecular flexibility index (Phi) is 27.8. The van der Waals surface area contributed by atoms with Gasteiger partial charge in [-0.05, 0) is 103 Å². The molecule has 2 aromatic rings. The number of amides is 2. The second-order valence-corrected chi connectivity index (χ2v) is 19.2. The van der Waals surface area contributed by atoms with Crippen LogP contribution in [0.4, 0.5) is 4.79 Å². The molecule has 0 spiro atoms. The van der Waals surface area contributed by atoms with E-state index in [1.165, 1.54) is 6.08 Å². The number of ketones is 4. The number of benzene rings is 2. The first-order chi connectivity index (χ1) is 28.8. The zero-order valence-corrected chi connectivity index (χ0v) is 39.8. The van der Waals surface area contributed by atoms with Crippen LogP contribution in [0.2, 0.25) is 0 Å². The predicted molar refractivity (Wildman–Crippen MR) is 248 cm³/mol. The molecule has 6 atom stereocenters. The van der Waals surface area contributed by atoms with Gasteiger partial charge < -0.3 is 26.6 Å². The highest BCUT2D eigenvalue weighted by Crippen LogP contribution is 2.23. The molecule has 0 saturated heterocycles. The molecule has 2 amide bonds. The third-order valence-corrected chi connectivity index (χ3v) is 9.56. The fourth-order valence-electron chi connectivity index (χ4n) is 6.60. The largest absolute Gasteiger partial charge is 0.385 e. The molecule has 12 nitrogen and oxygen atoms in total. The molecule has 12 heteroatoms. The number of aliphatic hydroxyl groups excluding tert-OH is 2. The summed E-state index contributed by atoms with van der Waals surface area (Å²) in [6, 6.07) is 17.6. The summed E-state index contributed by atoms with van der Waals surface area (Å²) in [6.07, 6.45) is 3.32. The van der Waals surface area contributed by atoms with E-state index in [0.717, 1.165) is 11.1 Å². The van der Waals surface area contributed by atoms with Gasteiger partial charge in [0.25, 0.3) is 0 Å². The molecule has 0 heterocycles. The van der Waals surface area contributed by atoms with Gasteiger partial charge in [0.2, 0.25) is 6.08 Å². The zero-order valence-electron chi connectivity index (χ0n) is 39.8. The summed E-state index contributed by atoms with van der Waals surface area (Å²) in [5.74, 6) is -1.09. The van der Waals surface area contributed by atoms with Crippen LogP contribution in [-0.4, -0.2) is 80.8 Å². The molecule has 4 unspecified atom stereocenters. The summed E-state index contributed by atoms with van der Waals surface area (Å²) in [5.41, 5.74) is 7.28. The number of nitrogens with one attached hydrogen (secondary N) is 2. The van der Waals surface area contributed by atoms with E-state index in [4.69, 9.17) is 5.73 Å². The molecule has 0 aromatic heterocycles. The van der Waals surface area contributed by atoms with Gasteiger partial charge >= 0.3 is 6.03 Å². The second kappa shape index (κ2) is 29.9. The van der Waals surface area contributed by atoms with Gasteiger partial charge in [0.05, 0.1) is 17.6 Å². The number of nitrogens with zero attached hydrogens (tertiary/aromatic N) is 1. The third-order valence-electron chi connectivity index (χ3n) is 9.56. The minimum absolute atomic E-state index is 0.0265. The lowest BCUT2D eigenvalue weighted by atomic mass is 9.84. The minimum atomic E-state index is -1.20. The normalized spacial score (nSPS) is 14.3. The van der Waals surface area contributed by atoms with Crippen molar-refractivity contribution in [3.05, 3.63) is 71.8 Å². The van der Waals surface area contributed by atoms with Gasteiger partial charge in [-0.3, -0.25) is 19.2 Å². The standard InChI is InChI=1S/C25H40N2O4.C20H31NO3.C5H9NO/c1-7-11-21(28)23(30)19(15-18-12-9-8-10-13-18)16-22(29)20(14-17(2)3)26-24(31)27-25(4,5)6;1-4-8-18(22)20(24)16(12-15-9-6-5-7-10-15)13-19(23)17(21)11-14(2)3;1-5(2,3)6-4-7/h8-10,12-13,17,19-20,23,30H,7,11,14-16H2,1-6H3,(H2,26,27,31);5-7,9-10,14,16-17,20,24H,4,8,11-13,21H2,1-3H3;1-3H3/t19?,20-,23?;16?,17-,20?;/m00./s1. The van der Waals surface area contributed by atoms with E-state index in [2.05, 4.69) is 15.6 Å². The SMILES string of the molecule is CC(C)(C)N=C=O.CCCC(=O)C(O)C(CC(=O)[C@@H](N)CC(C)C)Cc1ccccc1.CCCC(=O)C(O)C(CC(=O)[C@H](CC(C)C)NC(=O)NC(C)(C)C)Cc1ccccc1. The Balaban J connectivity index is 0.00000106. The summed E-state index contributed by atoms with van der Waals surface area (Å²) in [5, 5.41) is 26.8. The van der Waals surface area contributed by atoms with Crippen LogP contribution in [0.25, 0.3) is 0 Å². The van der Waals surface area contributed by atoms with Crippen LogP contribution in [0.3, 0.4) is 0 Å². The van der Waals surface area contributed by atoms with Gasteiger partial charge in [-0.1, -0.05) is 102 Å². The molecule has 0 fully saturated rings. The Morgan fingerprint density at radius 2 is 1.06 bits per heavy atom. The molecular weight excluding hydrogens is 785 g/mol. The van der Waals surface area contributed by atoms with Gasteiger partial charge in [-0.25, -0.2) is 14.6 Å². The van der Waals surface area contributed by atoms with Crippen molar-refractivity contribution in [1.82, 2.24) is 10.6 Å². The quantitative estimate of drug-likeness (QED) is 0.0540. The number of carbonyl (C=O) groups excluding carboxylic acids is 6. The molecule has 0 saturated carbocycles. The van der Waals surface area contributed by atoms with Crippen LogP contribution >= 0.6 is 0 Å². The smallest absolute Gasteiger partial charge is 0.315 e. The van der Waals surface area contributed by atoms with Gasteiger partial charge in [0.15, 0.2) is 17.3 Å².